The molecule has 8 heteroatoms. The molecule has 31 heavy (non-hydrogen) atoms. The number of likely N-dealkylation sites (tertiary alicyclic amines) is 1. The SMILES string of the molecule is Cc1ccncc1-c1cc2cc(NC(=O)/C=C\C(=O)N3CCCCC3)ncc2c(N)n1. The highest BCUT2D eigenvalue weighted by atomic mass is 16.2. The molecule has 4 rings (SSSR count). The van der Waals surface area contributed by atoms with Crippen LogP contribution in [0.2, 0.25) is 0 Å². The lowest BCUT2D eigenvalue weighted by molar-refractivity contribution is -0.127. The summed E-state index contributed by atoms with van der Waals surface area (Å²) in [5.74, 6) is 0.166. The van der Waals surface area contributed by atoms with Gasteiger partial charge in [0.05, 0.1) is 5.69 Å². The second kappa shape index (κ2) is 8.91. The van der Waals surface area contributed by atoms with Gasteiger partial charge in [0.15, 0.2) is 0 Å². The van der Waals surface area contributed by atoms with Crippen LogP contribution in [0.1, 0.15) is 24.8 Å². The molecule has 0 atom stereocenters. The van der Waals surface area contributed by atoms with Crippen LogP contribution in [0.4, 0.5) is 11.6 Å². The summed E-state index contributed by atoms with van der Waals surface area (Å²) in [6, 6.07) is 5.54. The van der Waals surface area contributed by atoms with E-state index in [0.29, 0.717) is 22.7 Å². The third-order valence-electron chi connectivity index (χ3n) is 5.36. The van der Waals surface area contributed by atoms with Crippen molar-refractivity contribution in [2.45, 2.75) is 26.2 Å². The molecule has 3 aromatic heterocycles. The lowest BCUT2D eigenvalue weighted by Gasteiger charge is -2.25. The molecule has 3 aromatic rings. The molecule has 1 aliphatic heterocycles. The Balaban J connectivity index is 1.53. The van der Waals surface area contributed by atoms with Crippen LogP contribution in [-0.2, 0) is 9.59 Å². The molecule has 0 spiro atoms. The molecule has 1 fully saturated rings. The molecule has 1 saturated heterocycles. The van der Waals surface area contributed by atoms with Crippen LogP contribution in [0, 0.1) is 6.92 Å². The molecular formula is C23H24N6O2. The van der Waals surface area contributed by atoms with E-state index in [1.807, 2.05) is 19.1 Å². The van der Waals surface area contributed by atoms with Crippen molar-refractivity contribution in [2.24, 2.45) is 0 Å². The van der Waals surface area contributed by atoms with E-state index in [1.165, 1.54) is 12.2 Å². The molecule has 0 radical (unpaired) electrons. The number of nitrogen functional groups attached to an aromatic ring is 1. The van der Waals surface area contributed by atoms with Gasteiger partial charge < -0.3 is 16.0 Å². The maximum atomic E-state index is 12.3. The Kier molecular flexibility index (Phi) is 5.88. The minimum Gasteiger partial charge on any atom is -0.383 e. The van der Waals surface area contributed by atoms with Crippen LogP contribution in [-0.4, -0.2) is 44.8 Å². The highest BCUT2D eigenvalue weighted by Crippen LogP contribution is 2.28. The highest BCUT2D eigenvalue weighted by Gasteiger charge is 2.14. The third-order valence-corrected chi connectivity index (χ3v) is 5.36. The minimum absolute atomic E-state index is 0.142. The zero-order valence-electron chi connectivity index (χ0n) is 17.3. The second-order valence-corrected chi connectivity index (χ2v) is 7.58. The fourth-order valence-electron chi connectivity index (χ4n) is 3.65. The lowest BCUT2D eigenvalue weighted by Crippen LogP contribution is -2.34. The number of anilines is 2. The molecule has 2 amide bonds. The Morgan fingerprint density at radius 3 is 2.71 bits per heavy atom. The first-order valence-electron chi connectivity index (χ1n) is 10.3. The number of nitrogens with one attached hydrogen (secondary N) is 1. The predicted molar refractivity (Wildman–Crippen MR) is 120 cm³/mol. The number of hydrogen-bond donors (Lipinski definition) is 2. The number of carbonyl (C=O) groups excluding carboxylic acids is 2. The standard InChI is InChI=1S/C23H24N6O2/c1-15-7-8-25-13-17(15)19-11-16-12-20(26-14-18(16)23(24)27-19)28-21(30)5-6-22(31)29-9-3-2-4-10-29/h5-8,11-14H,2-4,9-10H2,1H3,(H2,24,27)(H,26,28,30)/b6-5-. The molecule has 0 aromatic carbocycles. The number of pyridine rings is 3. The van der Waals surface area contributed by atoms with Gasteiger partial charge in [0, 0.05) is 54.8 Å². The maximum absolute atomic E-state index is 12.3. The number of aromatic nitrogens is 3. The normalized spacial score (nSPS) is 14.2. The van der Waals surface area contributed by atoms with E-state index in [1.54, 1.807) is 29.6 Å². The summed E-state index contributed by atoms with van der Waals surface area (Å²) in [5.41, 5.74) is 8.76. The topological polar surface area (TPSA) is 114 Å². The number of aryl methyl sites for hydroxylation is 1. The summed E-state index contributed by atoms with van der Waals surface area (Å²) < 4.78 is 0. The van der Waals surface area contributed by atoms with Crippen LogP contribution >= 0.6 is 0 Å². The molecule has 0 unspecified atom stereocenters. The van der Waals surface area contributed by atoms with Crippen LogP contribution in [0.15, 0.2) is 48.9 Å². The average molecular weight is 416 g/mol. The van der Waals surface area contributed by atoms with Gasteiger partial charge in [0.2, 0.25) is 11.8 Å². The van der Waals surface area contributed by atoms with Gasteiger partial charge in [-0.25, -0.2) is 9.97 Å². The first-order valence-corrected chi connectivity index (χ1v) is 10.3. The summed E-state index contributed by atoms with van der Waals surface area (Å²) in [6.45, 7) is 3.46. The van der Waals surface area contributed by atoms with Gasteiger partial charge in [0.25, 0.3) is 0 Å². The van der Waals surface area contributed by atoms with E-state index in [4.69, 9.17) is 5.73 Å². The highest BCUT2D eigenvalue weighted by molar-refractivity contribution is 6.04. The molecular weight excluding hydrogens is 392 g/mol. The van der Waals surface area contributed by atoms with E-state index in [2.05, 4.69) is 20.3 Å². The summed E-state index contributed by atoms with van der Waals surface area (Å²) in [5, 5.41) is 4.19. The third kappa shape index (κ3) is 4.69. The van der Waals surface area contributed by atoms with Crippen LogP contribution in [0.25, 0.3) is 22.0 Å². The number of fused-ring (bicyclic) bond motifs is 1. The largest absolute Gasteiger partial charge is 0.383 e. The Morgan fingerprint density at radius 2 is 1.94 bits per heavy atom. The van der Waals surface area contributed by atoms with Crippen molar-refractivity contribution in [3.8, 4) is 11.3 Å². The van der Waals surface area contributed by atoms with E-state index in [0.717, 1.165) is 48.9 Å². The van der Waals surface area contributed by atoms with Crippen molar-refractivity contribution < 1.29 is 9.59 Å². The first kappa shape index (κ1) is 20.5. The fraction of sp³-hybridized carbons (Fsp3) is 0.261. The Hall–Kier alpha value is -3.81. The zero-order chi connectivity index (χ0) is 21.8. The Labute approximate surface area is 180 Å². The van der Waals surface area contributed by atoms with Crippen molar-refractivity contribution in [3.05, 3.63) is 54.5 Å². The maximum Gasteiger partial charge on any atom is 0.249 e. The zero-order valence-corrected chi connectivity index (χ0v) is 17.3. The van der Waals surface area contributed by atoms with Crippen LogP contribution in [0.5, 0.6) is 0 Å². The number of rotatable bonds is 4. The number of hydrogen-bond acceptors (Lipinski definition) is 6. The van der Waals surface area contributed by atoms with Gasteiger partial charge in [0.1, 0.15) is 11.6 Å². The fourth-order valence-corrected chi connectivity index (χ4v) is 3.65. The molecule has 158 valence electrons. The minimum atomic E-state index is -0.414. The second-order valence-electron chi connectivity index (χ2n) is 7.58. The average Bonchev–Trinajstić information content (AvgIpc) is 2.78. The van der Waals surface area contributed by atoms with Gasteiger partial charge in [-0.15, -0.1) is 0 Å². The summed E-state index contributed by atoms with van der Waals surface area (Å²) >= 11 is 0. The molecule has 0 bridgehead atoms. The van der Waals surface area contributed by atoms with Gasteiger partial charge in [-0.05, 0) is 55.3 Å². The van der Waals surface area contributed by atoms with E-state index < -0.39 is 5.91 Å². The van der Waals surface area contributed by atoms with Gasteiger partial charge in [-0.2, -0.15) is 0 Å². The molecule has 3 N–H and O–H groups in total. The monoisotopic (exact) mass is 416 g/mol. The Bertz CT molecular complexity index is 1170. The van der Waals surface area contributed by atoms with Crippen molar-refractivity contribution in [1.29, 1.82) is 0 Å². The van der Waals surface area contributed by atoms with Gasteiger partial charge >= 0.3 is 0 Å². The van der Waals surface area contributed by atoms with Gasteiger partial charge in [-0.1, -0.05) is 0 Å². The molecule has 0 aliphatic carbocycles. The van der Waals surface area contributed by atoms with E-state index in [9.17, 15) is 9.59 Å². The van der Waals surface area contributed by atoms with Crippen molar-refractivity contribution in [3.63, 3.8) is 0 Å². The number of piperidine rings is 1. The predicted octanol–water partition coefficient (Wildman–Crippen LogP) is 3.09. The number of amides is 2. The van der Waals surface area contributed by atoms with Crippen molar-refractivity contribution >= 4 is 34.2 Å². The number of carbonyl (C=O) groups is 2. The molecule has 4 heterocycles. The van der Waals surface area contributed by atoms with Crippen LogP contribution in [0.3, 0.4) is 0 Å². The van der Waals surface area contributed by atoms with Crippen molar-refractivity contribution in [2.75, 3.05) is 24.1 Å². The summed E-state index contributed by atoms with van der Waals surface area (Å²) in [7, 11) is 0. The molecule has 0 saturated carbocycles. The smallest absolute Gasteiger partial charge is 0.249 e. The summed E-state index contributed by atoms with van der Waals surface area (Å²) in [4.78, 5) is 39.1. The lowest BCUT2D eigenvalue weighted by atomic mass is 10.1. The quantitative estimate of drug-likeness (QED) is 0.632. The molecule has 1 aliphatic rings. The van der Waals surface area contributed by atoms with E-state index in [-0.39, 0.29) is 5.91 Å². The van der Waals surface area contributed by atoms with Gasteiger partial charge in [-0.3, -0.25) is 14.6 Å². The van der Waals surface area contributed by atoms with Crippen molar-refractivity contribution in [1.82, 2.24) is 19.9 Å². The number of nitrogens with two attached hydrogens (primary N) is 1. The van der Waals surface area contributed by atoms with E-state index >= 15 is 0 Å². The first-order chi connectivity index (χ1) is 15.0. The number of nitrogens with zero attached hydrogens (tertiary/aromatic N) is 4. The summed E-state index contributed by atoms with van der Waals surface area (Å²) in [6.07, 6.45) is 10.8. The Morgan fingerprint density at radius 1 is 1.13 bits per heavy atom. The molecule has 8 nitrogen and oxygen atoms in total. The van der Waals surface area contributed by atoms with Crippen LogP contribution < -0.4 is 11.1 Å².